The quantitative estimate of drug-likeness (QED) is 0.588. The van der Waals surface area contributed by atoms with Crippen molar-refractivity contribution in [3.05, 3.63) is 48.7 Å². The van der Waals surface area contributed by atoms with Gasteiger partial charge in [-0.05, 0) is 50.2 Å². The number of carbonyl (C=O) groups excluding carboxylic acids is 1. The summed E-state index contributed by atoms with van der Waals surface area (Å²) in [5.41, 5.74) is 2.69. The van der Waals surface area contributed by atoms with Gasteiger partial charge in [-0.3, -0.25) is 9.78 Å². The number of pyridine rings is 1. The molecule has 0 saturated carbocycles. The van der Waals surface area contributed by atoms with Gasteiger partial charge in [-0.1, -0.05) is 17.8 Å². The molecule has 3 aromatic rings. The lowest BCUT2D eigenvalue weighted by atomic mass is 10.2. The molecule has 0 saturated heterocycles. The molecule has 146 valence electrons. The molecule has 1 amide bonds. The van der Waals surface area contributed by atoms with E-state index in [0.29, 0.717) is 11.0 Å². The first-order valence-corrected chi connectivity index (χ1v) is 10.2. The third kappa shape index (κ3) is 4.69. The molecular formula is C20H24N6OS. The van der Waals surface area contributed by atoms with Crippen molar-refractivity contribution < 1.29 is 4.79 Å². The van der Waals surface area contributed by atoms with E-state index in [1.807, 2.05) is 54.1 Å². The molecule has 0 fully saturated rings. The molecule has 0 unspecified atom stereocenters. The van der Waals surface area contributed by atoms with Crippen LogP contribution in [-0.2, 0) is 11.8 Å². The SMILES string of the molecule is CCN(CC)c1ccc(NC(=O)CSc2nnc(-c3ccccn3)n2C)cc1. The fourth-order valence-corrected chi connectivity index (χ4v) is 3.54. The lowest BCUT2D eigenvalue weighted by Crippen LogP contribution is -2.21. The molecule has 2 aromatic heterocycles. The van der Waals surface area contributed by atoms with Gasteiger partial charge in [0.1, 0.15) is 5.69 Å². The Hall–Kier alpha value is -2.87. The minimum Gasteiger partial charge on any atom is -0.372 e. The molecule has 0 aliphatic carbocycles. The third-order valence-electron chi connectivity index (χ3n) is 4.34. The van der Waals surface area contributed by atoms with Crippen LogP contribution in [-0.4, -0.2) is 44.5 Å². The molecule has 8 heteroatoms. The van der Waals surface area contributed by atoms with Gasteiger partial charge in [0.05, 0.1) is 5.75 Å². The van der Waals surface area contributed by atoms with E-state index in [-0.39, 0.29) is 11.7 Å². The Morgan fingerprint density at radius 2 is 1.86 bits per heavy atom. The summed E-state index contributed by atoms with van der Waals surface area (Å²) >= 11 is 1.35. The van der Waals surface area contributed by atoms with Gasteiger partial charge in [-0.25, -0.2) is 0 Å². The van der Waals surface area contributed by atoms with Crippen molar-refractivity contribution >= 4 is 29.0 Å². The summed E-state index contributed by atoms with van der Waals surface area (Å²) in [5.74, 6) is 0.852. The van der Waals surface area contributed by atoms with Crippen molar-refractivity contribution in [1.29, 1.82) is 0 Å². The summed E-state index contributed by atoms with van der Waals surface area (Å²) in [5, 5.41) is 12.0. The molecule has 3 rings (SSSR count). The van der Waals surface area contributed by atoms with E-state index in [1.54, 1.807) is 6.20 Å². The first kappa shape index (κ1) is 19.9. The Morgan fingerprint density at radius 1 is 1.11 bits per heavy atom. The first-order valence-electron chi connectivity index (χ1n) is 9.20. The second-order valence-electron chi connectivity index (χ2n) is 6.14. The van der Waals surface area contributed by atoms with Crippen LogP contribution in [0.3, 0.4) is 0 Å². The van der Waals surface area contributed by atoms with E-state index in [2.05, 4.69) is 39.2 Å². The maximum absolute atomic E-state index is 12.3. The van der Waals surface area contributed by atoms with Gasteiger partial charge in [-0.15, -0.1) is 10.2 Å². The van der Waals surface area contributed by atoms with Crippen LogP contribution in [0.4, 0.5) is 11.4 Å². The number of nitrogens with zero attached hydrogens (tertiary/aromatic N) is 5. The minimum absolute atomic E-state index is 0.0806. The second kappa shape index (κ2) is 9.36. The predicted octanol–water partition coefficient (Wildman–Crippen LogP) is 3.45. The minimum atomic E-state index is -0.0806. The standard InChI is InChI=1S/C20H24N6OS/c1-4-26(5-2)16-11-9-15(10-12-16)22-18(27)14-28-20-24-23-19(25(20)3)17-8-6-7-13-21-17/h6-13H,4-5,14H2,1-3H3,(H,22,27). The molecule has 1 N–H and O–H groups in total. The highest BCUT2D eigenvalue weighted by atomic mass is 32.2. The smallest absolute Gasteiger partial charge is 0.234 e. The number of thioether (sulfide) groups is 1. The van der Waals surface area contributed by atoms with Crippen molar-refractivity contribution in [2.45, 2.75) is 19.0 Å². The van der Waals surface area contributed by atoms with Gasteiger partial charge in [0.2, 0.25) is 5.91 Å². The number of nitrogens with one attached hydrogen (secondary N) is 1. The van der Waals surface area contributed by atoms with Gasteiger partial charge in [0.25, 0.3) is 0 Å². The summed E-state index contributed by atoms with van der Waals surface area (Å²) in [6, 6.07) is 13.6. The number of rotatable bonds is 8. The van der Waals surface area contributed by atoms with Crippen LogP contribution in [0.15, 0.2) is 53.8 Å². The third-order valence-corrected chi connectivity index (χ3v) is 5.36. The lowest BCUT2D eigenvalue weighted by Gasteiger charge is -2.21. The molecule has 0 spiro atoms. The number of hydrogen-bond donors (Lipinski definition) is 1. The van der Waals surface area contributed by atoms with E-state index in [1.165, 1.54) is 11.8 Å². The van der Waals surface area contributed by atoms with Crippen LogP contribution in [0.5, 0.6) is 0 Å². The van der Waals surface area contributed by atoms with E-state index < -0.39 is 0 Å². The Labute approximate surface area is 169 Å². The van der Waals surface area contributed by atoms with Crippen molar-refractivity contribution in [3.8, 4) is 11.5 Å². The van der Waals surface area contributed by atoms with Crippen molar-refractivity contribution in [3.63, 3.8) is 0 Å². The molecule has 0 bridgehead atoms. The van der Waals surface area contributed by atoms with Crippen LogP contribution in [0.25, 0.3) is 11.5 Å². The largest absolute Gasteiger partial charge is 0.372 e. The molecule has 1 aromatic carbocycles. The molecule has 2 heterocycles. The first-order chi connectivity index (χ1) is 13.6. The van der Waals surface area contributed by atoms with Gasteiger partial charge < -0.3 is 14.8 Å². The second-order valence-corrected chi connectivity index (χ2v) is 7.08. The Balaban J connectivity index is 1.57. The van der Waals surface area contributed by atoms with Gasteiger partial charge in [0, 0.05) is 37.7 Å². The molecule has 0 radical (unpaired) electrons. The number of hydrogen-bond acceptors (Lipinski definition) is 6. The topological polar surface area (TPSA) is 75.9 Å². The van der Waals surface area contributed by atoms with Crippen LogP contribution < -0.4 is 10.2 Å². The maximum Gasteiger partial charge on any atom is 0.234 e. The molecule has 0 atom stereocenters. The van der Waals surface area contributed by atoms with Crippen LogP contribution in [0.1, 0.15) is 13.8 Å². The molecule has 7 nitrogen and oxygen atoms in total. The fourth-order valence-electron chi connectivity index (χ4n) is 2.83. The lowest BCUT2D eigenvalue weighted by molar-refractivity contribution is -0.113. The van der Waals surface area contributed by atoms with Crippen LogP contribution >= 0.6 is 11.8 Å². The highest BCUT2D eigenvalue weighted by Gasteiger charge is 2.13. The van der Waals surface area contributed by atoms with E-state index in [0.717, 1.165) is 30.2 Å². The molecule has 0 aliphatic rings. The van der Waals surface area contributed by atoms with Crippen molar-refractivity contribution in [1.82, 2.24) is 19.7 Å². The highest BCUT2D eigenvalue weighted by molar-refractivity contribution is 7.99. The molecular weight excluding hydrogens is 372 g/mol. The van der Waals surface area contributed by atoms with E-state index >= 15 is 0 Å². The van der Waals surface area contributed by atoms with E-state index in [9.17, 15) is 4.79 Å². The zero-order valence-corrected chi connectivity index (χ0v) is 17.1. The Kier molecular flexibility index (Phi) is 6.65. The van der Waals surface area contributed by atoms with Crippen molar-refractivity contribution in [2.24, 2.45) is 7.05 Å². The summed E-state index contributed by atoms with van der Waals surface area (Å²) in [6.45, 7) is 6.17. The number of benzene rings is 1. The molecule has 0 aliphatic heterocycles. The summed E-state index contributed by atoms with van der Waals surface area (Å²) in [4.78, 5) is 18.8. The van der Waals surface area contributed by atoms with Crippen molar-refractivity contribution in [2.75, 3.05) is 29.1 Å². The molecule has 28 heavy (non-hydrogen) atoms. The summed E-state index contributed by atoms with van der Waals surface area (Å²) in [6.07, 6.45) is 1.72. The fraction of sp³-hybridized carbons (Fsp3) is 0.300. The monoisotopic (exact) mass is 396 g/mol. The van der Waals surface area contributed by atoms with Gasteiger partial charge in [-0.2, -0.15) is 0 Å². The van der Waals surface area contributed by atoms with Gasteiger partial charge in [0.15, 0.2) is 11.0 Å². The predicted molar refractivity (Wildman–Crippen MR) is 114 cm³/mol. The average molecular weight is 397 g/mol. The number of aromatic nitrogens is 4. The van der Waals surface area contributed by atoms with Crippen LogP contribution in [0, 0.1) is 0 Å². The Bertz CT molecular complexity index is 906. The van der Waals surface area contributed by atoms with Crippen LogP contribution in [0.2, 0.25) is 0 Å². The number of anilines is 2. The zero-order valence-electron chi connectivity index (χ0n) is 16.3. The summed E-state index contributed by atoms with van der Waals surface area (Å²) in [7, 11) is 1.87. The van der Waals surface area contributed by atoms with E-state index in [4.69, 9.17) is 0 Å². The van der Waals surface area contributed by atoms with Gasteiger partial charge >= 0.3 is 0 Å². The number of carbonyl (C=O) groups is 1. The maximum atomic E-state index is 12.3. The Morgan fingerprint density at radius 3 is 2.50 bits per heavy atom. The number of amides is 1. The summed E-state index contributed by atoms with van der Waals surface area (Å²) < 4.78 is 1.85. The highest BCUT2D eigenvalue weighted by Crippen LogP contribution is 2.22. The average Bonchev–Trinajstić information content (AvgIpc) is 3.09. The zero-order chi connectivity index (χ0) is 19.9. The normalized spacial score (nSPS) is 10.7.